The van der Waals surface area contributed by atoms with Crippen LogP contribution in [0.1, 0.15) is 60.8 Å². The Morgan fingerprint density at radius 1 is 1.04 bits per heavy atom. The Kier molecular flexibility index (Phi) is 4.53. The highest BCUT2D eigenvalue weighted by Crippen LogP contribution is 2.31. The quantitative estimate of drug-likeness (QED) is 0.663. The van der Waals surface area contributed by atoms with Crippen molar-refractivity contribution in [1.29, 1.82) is 0 Å². The van der Waals surface area contributed by atoms with Gasteiger partial charge in [0.1, 0.15) is 5.69 Å². The number of para-hydroxylation sites is 1. The molecule has 0 saturated carbocycles. The van der Waals surface area contributed by atoms with E-state index in [4.69, 9.17) is 0 Å². The second-order valence-corrected chi connectivity index (χ2v) is 8.05. The number of carbonyl (C=O) groups excluding carboxylic acids is 1. The maximum absolute atomic E-state index is 12.5. The Balaban J connectivity index is 1.74. The molecule has 4 rings (SSSR count). The zero-order valence-electron chi connectivity index (χ0n) is 17.1. The van der Waals surface area contributed by atoms with E-state index in [2.05, 4.69) is 48.4 Å². The van der Waals surface area contributed by atoms with Crippen LogP contribution < -0.4 is 0 Å². The molecule has 2 heterocycles. The van der Waals surface area contributed by atoms with E-state index in [9.17, 15) is 4.79 Å². The smallest absolute Gasteiger partial charge is 0.254 e. The average molecular weight is 374 g/mol. The van der Waals surface area contributed by atoms with E-state index in [-0.39, 0.29) is 11.9 Å². The predicted octanol–water partition coefficient (Wildman–Crippen LogP) is 4.73. The molecule has 0 radical (unpaired) electrons. The Labute approximate surface area is 166 Å². The molecule has 5 heteroatoms. The van der Waals surface area contributed by atoms with Crippen molar-refractivity contribution in [3.8, 4) is 16.9 Å². The molecular weight excluding hydrogens is 348 g/mol. The summed E-state index contributed by atoms with van der Waals surface area (Å²) in [5.74, 6) is 0.513. The number of aromatic nitrogens is 3. The molecule has 0 fully saturated rings. The first-order valence-corrected chi connectivity index (χ1v) is 9.84. The first-order valence-electron chi connectivity index (χ1n) is 9.84. The minimum Gasteiger partial charge on any atom is -0.332 e. The fourth-order valence-corrected chi connectivity index (χ4v) is 3.90. The highest BCUT2D eigenvalue weighted by molar-refractivity contribution is 5.99. The molecule has 0 spiro atoms. The van der Waals surface area contributed by atoms with E-state index in [0.29, 0.717) is 12.5 Å². The summed E-state index contributed by atoms with van der Waals surface area (Å²) in [6.07, 6.45) is 0. The van der Waals surface area contributed by atoms with E-state index in [1.807, 2.05) is 48.6 Å². The number of fused-ring (bicyclic) bond motifs is 1. The van der Waals surface area contributed by atoms with Gasteiger partial charge in [0.05, 0.1) is 11.4 Å². The molecule has 1 aromatic heterocycles. The van der Waals surface area contributed by atoms with E-state index < -0.39 is 0 Å². The van der Waals surface area contributed by atoms with Crippen LogP contribution in [0.4, 0.5) is 0 Å². The molecule has 0 unspecified atom stereocenters. The molecule has 1 aliphatic heterocycles. The number of hydrogen-bond acceptors (Lipinski definition) is 3. The third-order valence-corrected chi connectivity index (χ3v) is 5.52. The summed E-state index contributed by atoms with van der Waals surface area (Å²) < 4.78 is 1.92. The van der Waals surface area contributed by atoms with Crippen molar-refractivity contribution in [3.63, 3.8) is 0 Å². The predicted molar refractivity (Wildman–Crippen MR) is 111 cm³/mol. The van der Waals surface area contributed by atoms with Gasteiger partial charge in [-0.3, -0.25) is 4.79 Å². The van der Waals surface area contributed by atoms with Gasteiger partial charge in [-0.15, -0.1) is 5.10 Å². The maximum Gasteiger partial charge on any atom is 0.254 e. The summed E-state index contributed by atoms with van der Waals surface area (Å²) in [6.45, 7) is 11.2. The van der Waals surface area contributed by atoms with Crippen molar-refractivity contribution in [1.82, 2.24) is 19.9 Å². The molecule has 0 atom stereocenters. The fourth-order valence-electron chi connectivity index (χ4n) is 3.90. The van der Waals surface area contributed by atoms with Crippen LogP contribution in [0.15, 0.2) is 42.5 Å². The second kappa shape index (κ2) is 6.89. The minimum absolute atomic E-state index is 0.114. The first kappa shape index (κ1) is 18.4. The number of rotatable bonds is 4. The SMILES string of the molecule is Cc1c(-c2ccc3c(c2)CN(C(C)C)C3=O)nnn1-c1ccccc1C(C)C. The van der Waals surface area contributed by atoms with Gasteiger partial charge in [0.15, 0.2) is 0 Å². The monoisotopic (exact) mass is 374 g/mol. The van der Waals surface area contributed by atoms with Crippen LogP contribution in [0.3, 0.4) is 0 Å². The van der Waals surface area contributed by atoms with Gasteiger partial charge >= 0.3 is 0 Å². The van der Waals surface area contributed by atoms with Crippen molar-refractivity contribution in [2.24, 2.45) is 0 Å². The van der Waals surface area contributed by atoms with Gasteiger partial charge in [0.2, 0.25) is 0 Å². The van der Waals surface area contributed by atoms with E-state index in [1.165, 1.54) is 5.56 Å². The van der Waals surface area contributed by atoms with Crippen molar-refractivity contribution in [2.45, 2.75) is 53.1 Å². The van der Waals surface area contributed by atoms with Gasteiger partial charge < -0.3 is 4.90 Å². The highest BCUT2D eigenvalue weighted by Gasteiger charge is 2.29. The van der Waals surface area contributed by atoms with Crippen LogP contribution in [0.25, 0.3) is 16.9 Å². The van der Waals surface area contributed by atoms with Crippen LogP contribution >= 0.6 is 0 Å². The van der Waals surface area contributed by atoms with Crippen LogP contribution in [-0.4, -0.2) is 31.8 Å². The molecule has 0 N–H and O–H groups in total. The second-order valence-electron chi connectivity index (χ2n) is 8.05. The van der Waals surface area contributed by atoms with Gasteiger partial charge in [-0.25, -0.2) is 4.68 Å². The largest absolute Gasteiger partial charge is 0.332 e. The molecule has 28 heavy (non-hydrogen) atoms. The number of nitrogens with zero attached hydrogens (tertiary/aromatic N) is 4. The molecule has 1 amide bonds. The van der Waals surface area contributed by atoms with Crippen molar-refractivity contribution in [2.75, 3.05) is 0 Å². The lowest BCUT2D eigenvalue weighted by atomic mass is 10.0. The van der Waals surface area contributed by atoms with Gasteiger partial charge in [-0.05, 0) is 56.0 Å². The van der Waals surface area contributed by atoms with Crippen LogP contribution in [0.5, 0.6) is 0 Å². The standard InChI is InChI=1S/C23H26N4O/c1-14(2)19-8-6-7-9-21(19)27-16(5)22(24-25-27)17-10-11-20-18(12-17)13-26(15(3)4)23(20)28/h6-12,14-15H,13H2,1-5H3. The van der Waals surface area contributed by atoms with E-state index in [0.717, 1.165) is 33.8 Å². The number of benzene rings is 2. The number of hydrogen-bond donors (Lipinski definition) is 0. The minimum atomic E-state index is 0.114. The average Bonchev–Trinajstić information content (AvgIpc) is 3.21. The van der Waals surface area contributed by atoms with Gasteiger partial charge in [0.25, 0.3) is 5.91 Å². The Hall–Kier alpha value is -2.95. The lowest BCUT2D eigenvalue weighted by Crippen LogP contribution is -2.30. The Morgan fingerprint density at radius 3 is 2.50 bits per heavy atom. The Morgan fingerprint density at radius 2 is 1.79 bits per heavy atom. The topological polar surface area (TPSA) is 51.0 Å². The summed E-state index contributed by atoms with van der Waals surface area (Å²) in [6, 6.07) is 14.5. The molecule has 0 saturated heterocycles. The summed E-state index contributed by atoms with van der Waals surface area (Å²) >= 11 is 0. The summed E-state index contributed by atoms with van der Waals surface area (Å²) in [5.41, 5.74) is 7.03. The summed E-state index contributed by atoms with van der Waals surface area (Å²) in [7, 11) is 0. The lowest BCUT2D eigenvalue weighted by molar-refractivity contribution is 0.0730. The maximum atomic E-state index is 12.5. The molecule has 2 aromatic carbocycles. The van der Waals surface area contributed by atoms with E-state index >= 15 is 0 Å². The van der Waals surface area contributed by atoms with Gasteiger partial charge in [-0.1, -0.05) is 43.3 Å². The fraction of sp³-hybridized carbons (Fsp3) is 0.348. The molecular formula is C23H26N4O. The first-order chi connectivity index (χ1) is 13.4. The lowest BCUT2D eigenvalue weighted by Gasteiger charge is -2.19. The molecule has 5 nitrogen and oxygen atoms in total. The highest BCUT2D eigenvalue weighted by atomic mass is 16.2. The zero-order chi connectivity index (χ0) is 20.0. The Bertz CT molecular complexity index is 1050. The van der Waals surface area contributed by atoms with Gasteiger partial charge in [0, 0.05) is 23.7 Å². The van der Waals surface area contributed by atoms with Gasteiger partial charge in [-0.2, -0.15) is 0 Å². The van der Waals surface area contributed by atoms with Crippen LogP contribution in [0.2, 0.25) is 0 Å². The molecule has 0 aliphatic carbocycles. The van der Waals surface area contributed by atoms with E-state index in [1.54, 1.807) is 0 Å². The zero-order valence-corrected chi connectivity index (χ0v) is 17.1. The summed E-state index contributed by atoms with van der Waals surface area (Å²) in [4.78, 5) is 14.4. The third kappa shape index (κ3) is 2.91. The normalized spacial score (nSPS) is 13.7. The number of amides is 1. The molecule has 144 valence electrons. The van der Waals surface area contributed by atoms with Crippen LogP contribution in [0, 0.1) is 6.92 Å². The molecule has 0 bridgehead atoms. The van der Waals surface area contributed by atoms with Crippen molar-refractivity contribution in [3.05, 3.63) is 64.8 Å². The molecule has 3 aromatic rings. The summed E-state index contributed by atoms with van der Waals surface area (Å²) in [5, 5.41) is 8.92. The van der Waals surface area contributed by atoms with Crippen molar-refractivity contribution < 1.29 is 4.79 Å². The number of carbonyl (C=O) groups is 1. The molecule has 1 aliphatic rings. The van der Waals surface area contributed by atoms with Crippen molar-refractivity contribution >= 4 is 5.91 Å². The third-order valence-electron chi connectivity index (χ3n) is 5.52. The van der Waals surface area contributed by atoms with Crippen LogP contribution in [-0.2, 0) is 6.54 Å².